The third-order valence-electron chi connectivity index (χ3n) is 3.48. The van der Waals surface area contributed by atoms with Crippen molar-refractivity contribution in [3.05, 3.63) is 0 Å². The van der Waals surface area contributed by atoms with Crippen molar-refractivity contribution in [3.63, 3.8) is 0 Å². The zero-order valence-electron chi connectivity index (χ0n) is 10.9. The summed E-state index contributed by atoms with van der Waals surface area (Å²) in [5.41, 5.74) is -0.363. The Morgan fingerprint density at radius 1 is 1.41 bits per heavy atom. The molecule has 1 rings (SSSR count). The number of nitrogens with zero attached hydrogens (tertiary/aromatic N) is 2. The molecule has 98 valence electrons. The number of hydrogen-bond donors (Lipinski definition) is 2. The van der Waals surface area contributed by atoms with Gasteiger partial charge in [-0.1, -0.05) is 6.92 Å². The molecule has 0 spiro atoms. The molecule has 4 nitrogen and oxygen atoms in total. The summed E-state index contributed by atoms with van der Waals surface area (Å²) >= 11 is 0. The molecule has 1 saturated heterocycles. The van der Waals surface area contributed by atoms with Crippen LogP contribution >= 0.6 is 0 Å². The number of likely N-dealkylation sites (tertiary alicyclic amines) is 1. The van der Waals surface area contributed by atoms with E-state index in [0.29, 0.717) is 0 Å². The van der Waals surface area contributed by atoms with Crippen molar-refractivity contribution >= 4 is 0 Å². The van der Waals surface area contributed by atoms with Crippen LogP contribution < -0.4 is 5.32 Å². The highest BCUT2D eigenvalue weighted by Gasteiger charge is 2.31. The van der Waals surface area contributed by atoms with Gasteiger partial charge in [0.2, 0.25) is 0 Å². The highest BCUT2D eigenvalue weighted by atomic mass is 16.3. The average molecular weight is 239 g/mol. The lowest BCUT2D eigenvalue weighted by molar-refractivity contribution is 0.264. The predicted molar refractivity (Wildman–Crippen MR) is 68.6 cm³/mol. The predicted octanol–water partition coefficient (Wildman–Crippen LogP) is 1.12. The SMILES string of the molecule is CCCN1CCCC(C#N)(NCCCO)CC1. The van der Waals surface area contributed by atoms with Crippen LogP contribution in [0.25, 0.3) is 0 Å². The van der Waals surface area contributed by atoms with Crippen molar-refractivity contribution < 1.29 is 5.11 Å². The van der Waals surface area contributed by atoms with Crippen molar-refractivity contribution in [3.8, 4) is 6.07 Å². The van der Waals surface area contributed by atoms with Crippen LogP contribution in [0.15, 0.2) is 0 Å². The minimum Gasteiger partial charge on any atom is -0.396 e. The molecule has 1 aliphatic heterocycles. The third-order valence-corrected chi connectivity index (χ3v) is 3.48. The second-order valence-corrected chi connectivity index (χ2v) is 4.89. The minimum atomic E-state index is -0.363. The Hall–Kier alpha value is -0.630. The van der Waals surface area contributed by atoms with Crippen LogP contribution in [-0.2, 0) is 0 Å². The van der Waals surface area contributed by atoms with E-state index < -0.39 is 0 Å². The molecule has 4 heteroatoms. The van der Waals surface area contributed by atoms with E-state index >= 15 is 0 Å². The highest BCUT2D eigenvalue weighted by Crippen LogP contribution is 2.21. The molecule has 0 aromatic heterocycles. The second kappa shape index (κ2) is 7.65. The molecule has 0 saturated carbocycles. The van der Waals surface area contributed by atoms with Crippen LogP contribution in [-0.4, -0.2) is 48.3 Å². The quantitative estimate of drug-likeness (QED) is 0.682. The molecule has 1 fully saturated rings. The van der Waals surface area contributed by atoms with Gasteiger partial charge in [-0.3, -0.25) is 5.32 Å². The summed E-state index contributed by atoms with van der Waals surface area (Å²) < 4.78 is 0. The average Bonchev–Trinajstić information content (AvgIpc) is 2.54. The number of rotatable bonds is 6. The molecular formula is C13H25N3O. The van der Waals surface area contributed by atoms with E-state index in [0.717, 1.165) is 51.9 Å². The first-order valence-electron chi connectivity index (χ1n) is 6.76. The summed E-state index contributed by atoms with van der Waals surface area (Å²) in [6.07, 6.45) is 4.81. The van der Waals surface area contributed by atoms with Gasteiger partial charge in [-0.05, 0) is 51.7 Å². The Kier molecular flexibility index (Phi) is 6.49. The number of nitriles is 1. The van der Waals surface area contributed by atoms with Gasteiger partial charge in [0.05, 0.1) is 6.07 Å². The van der Waals surface area contributed by atoms with Crippen LogP contribution in [0.1, 0.15) is 39.0 Å². The van der Waals surface area contributed by atoms with Crippen LogP contribution in [0.4, 0.5) is 0 Å². The molecule has 0 aromatic rings. The topological polar surface area (TPSA) is 59.3 Å². The summed E-state index contributed by atoms with van der Waals surface area (Å²) in [6.45, 7) is 6.38. The molecule has 1 atom stereocenters. The maximum absolute atomic E-state index is 9.39. The van der Waals surface area contributed by atoms with Crippen molar-refractivity contribution in [2.24, 2.45) is 0 Å². The molecule has 1 heterocycles. The molecule has 1 aliphatic rings. The van der Waals surface area contributed by atoms with Crippen LogP contribution in [0, 0.1) is 11.3 Å². The van der Waals surface area contributed by atoms with Gasteiger partial charge in [-0.2, -0.15) is 5.26 Å². The van der Waals surface area contributed by atoms with Crippen molar-refractivity contribution in [2.45, 2.75) is 44.6 Å². The van der Waals surface area contributed by atoms with Gasteiger partial charge in [0.25, 0.3) is 0 Å². The molecule has 2 N–H and O–H groups in total. The summed E-state index contributed by atoms with van der Waals surface area (Å²) in [6, 6.07) is 2.46. The van der Waals surface area contributed by atoms with E-state index in [1.807, 2.05) is 0 Å². The normalized spacial score (nSPS) is 26.4. The van der Waals surface area contributed by atoms with Gasteiger partial charge in [0.15, 0.2) is 0 Å². The van der Waals surface area contributed by atoms with E-state index in [9.17, 15) is 5.26 Å². The molecule has 17 heavy (non-hydrogen) atoms. The molecular weight excluding hydrogens is 214 g/mol. The number of aliphatic hydroxyl groups excluding tert-OH is 1. The van der Waals surface area contributed by atoms with E-state index in [2.05, 4.69) is 23.2 Å². The van der Waals surface area contributed by atoms with Gasteiger partial charge < -0.3 is 10.0 Å². The first kappa shape index (κ1) is 14.4. The molecule has 0 amide bonds. The fourth-order valence-electron chi connectivity index (χ4n) is 2.46. The lowest BCUT2D eigenvalue weighted by Crippen LogP contribution is -2.45. The van der Waals surface area contributed by atoms with Gasteiger partial charge in [0.1, 0.15) is 5.54 Å². The molecule has 0 radical (unpaired) electrons. The maximum atomic E-state index is 9.39. The Balaban J connectivity index is 2.47. The number of aliphatic hydroxyl groups is 1. The van der Waals surface area contributed by atoms with Crippen LogP contribution in [0.3, 0.4) is 0 Å². The zero-order valence-corrected chi connectivity index (χ0v) is 10.9. The van der Waals surface area contributed by atoms with Gasteiger partial charge >= 0.3 is 0 Å². The zero-order chi connectivity index (χ0) is 12.6. The Labute approximate surface area is 105 Å². The molecule has 0 bridgehead atoms. The lowest BCUT2D eigenvalue weighted by Gasteiger charge is -2.26. The Bertz CT molecular complexity index is 252. The van der Waals surface area contributed by atoms with Crippen LogP contribution in [0.5, 0.6) is 0 Å². The van der Waals surface area contributed by atoms with Crippen molar-refractivity contribution in [2.75, 3.05) is 32.8 Å². The van der Waals surface area contributed by atoms with Crippen molar-refractivity contribution in [1.82, 2.24) is 10.2 Å². The first-order valence-corrected chi connectivity index (χ1v) is 6.76. The maximum Gasteiger partial charge on any atom is 0.108 e. The highest BCUT2D eigenvalue weighted by molar-refractivity contribution is 5.08. The standard InChI is InChI=1S/C13H25N3O/c1-2-8-16-9-3-5-13(12-14,6-10-16)15-7-4-11-17/h15,17H,2-11H2,1H3. The van der Waals surface area contributed by atoms with Crippen LogP contribution in [0.2, 0.25) is 0 Å². The summed E-state index contributed by atoms with van der Waals surface area (Å²) in [7, 11) is 0. The fourth-order valence-corrected chi connectivity index (χ4v) is 2.46. The summed E-state index contributed by atoms with van der Waals surface area (Å²) in [5.74, 6) is 0. The molecule has 0 aliphatic carbocycles. The monoisotopic (exact) mass is 239 g/mol. The lowest BCUT2D eigenvalue weighted by atomic mass is 9.92. The molecule has 0 aromatic carbocycles. The Morgan fingerprint density at radius 2 is 2.24 bits per heavy atom. The fraction of sp³-hybridized carbons (Fsp3) is 0.923. The Morgan fingerprint density at radius 3 is 2.88 bits per heavy atom. The smallest absolute Gasteiger partial charge is 0.108 e. The van der Waals surface area contributed by atoms with Crippen molar-refractivity contribution in [1.29, 1.82) is 5.26 Å². The summed E-state index contributed by atoms with van der Waals surface area (Å²) in [5, 5.41) is 21.5. The number of hydrogen-bond acceptors (Lipinski definition) is 4. The van der Waals surface area contributed by atoms with Gasteiger partial charge in [0, 0.05) is 13.2 Å². The third kappa shape index (κ3) is 4.63. The molecule has 1 unspecified atom stereocenters. The minimum absolute atomic E-state index is 0.191. The largest absolute Gasteiger partial charge is 0.396 e. The van der Waals surface area contributed by atoms with E-state index in [1.165, 1.54) is 6.42 Å². The first-order chi connectivity index (χ1) is 8.26. The van der Waals surface area contributed by atoms with E-state index in [1.54, 1.807) is 0 Å². The van der Waals surface area contributed by atoms with E-state index in [-0.39, 0.29) is 12.1 Å². The number of nitrogens with one attached hydrogen (secondary N) is 1. The summed E-state index contributed by atoms with van der Waals surface area (Å²) in [4.78, 5) is 2.45. The van der Waals surface area contributed by atoms with E-state index in [4.69, 9.17) is 5.11 Å². The van der Waals surface area contributed by atoms with Gasteiger partial charge in [-0.15, -0.1) is 0 Å². The second-order valence-electron chi connectivity index (χ2n) is 4.89. The van der Waals surface area contributed by atoms with Gasteiger partial charge in [-0.25, -0.2) is 0 Å².